The molecule has 2 aliphatic heterocycles. The van der Waals surface area contributed by atoms with E-state index in [1.165, 1.54) is 0 Å². The molecule has 32 heavy (non-hydrogen) atoms. The number of amides is 2. The lowest BCUT2D eigenvalue weighted by Gasteiger charge is -2.37. The molecule has 3 aromatic rings. The Morgan fingerprint density at radius 1 is 0.844 bits per heavy atom. The van der Waals surface area contributed by atoms with Crippen molar-refractivity contribution in [2.24, 2.45) is 4.99 Å². The largest absolute Gasteiger partial charge is 0.450 e. The van der Waals surface area contributed by atoms with Gasteiger partial charge in [0.1, 0.15) is 0 Å². The number of aliphatic imine (C=N–C) groups is 1. The molecule has 1 fully saturated rings. The number of carbonyl (C=O) groups excluding carboxylic acids is 3. The van der Waals surface area contributed by atoms with E-state index < -0.39 is 36.2 Å². The maximum absolute atomic E-state index is 12.8. The van der Waals surface area contributed by atoms with Crippen LogP contribution in [0.4, 0.5) is 0 Å². The molecular weight excluding hydrogens is 408 g/mol. The minimum atomic E-state index is -1.13. The molecule has 0 bridgehead atoms. The minimum absolute atomic E-state index is 0.268. The number of ether oxygens (including phenoxy) is 2. The van der Waals surface area contributed by atoms with Crippen molar-refractivity contribution < 1.29 is 23.9 Å². The Bertz CT molecular complexity index is 1160. The van der Waals surface area contributed by atoms with Gasteiger partial charge in [-0.1, -0.05) is 78.9 Å². The highest BCUT2D eigenvalue weighted by Gasteiger charge is 2.58. The first-order valence-electron chi connectivity index (χ1n) is 10.1. The van der Waals surface area contributed by atoms with Crippen molar-refractivity contribution in [1.82, 2.24) is 4.90 Å². The van der Waals surface area contributed by atoms with E-state index in [9.17, 15) is 14.4 Å². The molecule has 0 aliphatic carbocycles. The quantitative estimate of drug-likeness (QED) is 0.364. The zero-order chi connectivity index (χ0) is 22.1. The summed E-state index contributed by atoms with van der Waals surface area (Å²) in [4.78, 5) is 43.1. The summed E-state index contributed by atoms with van der Waals surface area (Å²) in [6, 6.07) is 26.4. The van der Waals surface area contributed by atoms with Crippen LogP contribution in [-0.2, 0) is 23.9 Å². The normalized spacial score (nSPS) is 19.0. The summed E-state index contributed by atoms with van der Waals surface area (Å²) in [7, 11) is 0. The molecule has 2 atom stereocenters. The topological polar surface area (TPSA) is 85.3 Å². The van der Waals surface area contributed by atoms with Gasteiger partial charge in [-0.3, -0.25) is 9.59 Å². The van der Waals surface area contributed by atoms with Crippen LogP contribution >= 0.6 is 0 Å². The lowest BCUT2D eigenvalue weighted by molar-refractivity contribution is -0.182. The number of likely N-dealkylation sites (tertiary alicyclic amines) is 1. The van der Waals surface area contributed by atoms with E-state index in [1.807, 2.05) is 54.6 Å². The zero-order valence-corrected chi connectivity index (χ0v) is 16.8. The second-order valence-electron chi connectivity index (χ2n) is 7.37. The van der Waals surface area contributed by atoms with Crippen molar-refractivity contribution in [3.63, 3.8) is 0 Å². The van der Waals surface area contributed by atoms with Crippen LogP contribution in [0.2, 0.25) is 0 Å². The number of imide groups is 1. The molecule has 7 heteroatoms. The van der Waals surface area contributed by atoms with Crippen LogP contribution < -0.4 is 0 Å². The summed E-state index contributed by atoms with van der Waals surface area (Å²) in [5.41, 5.74) is 2.11. The van der Waals surface area contributed by atoms with Gasteiger partial charge in [-0.15, -0.1) is 0 Å². The van der Waals surface area contributed by atoms with Gasteiger partial charge in [0.2, 0.25) is 12.1 Å². The molecule has 0 N–H and O–H groups in total. The number of β-lactam (4-membered cyclic amide) rings is 1. The fourth-order valence-corrected chi connectivity index (χ4v) is 3.74. The van der Waals surface area contributed by atoms with Crippen molar-refractivity contribution >= 4 is 23.7 Å². The first-order chi connectivity index (χ1) is 15.6. The maximum atomic E-state index is 12.8. The van der Waals surface area contributed by atoms with Crippen molar-refractivity contribution in [3.05, 3.63) is 108 Å². The molecule has 2 aliphatic rings. The van der Waals surface area contributed by atoms with Gasteiger partial charge in [-0.25, -0.2) is 14.7 Å². The molecular formula is C25H18N2O5. The summed E-state index contributed by atoms with van der Waals surface area (Å²) in [6.45, 7) is 0. The predicted molar refractivity (Wildman–Crippen MR) is 114 cm³/mol. The molecule has 0 saturated carbocycles. The lowest BCUT2D eigenvalue weighted by atomic mass is 10.0. The smallest absolute Gasteiger partial charge is 0.398 e. The van der Waals surface area contributed by atoms with E-state index in [1.54, 1.807) is 36.4 Å². The SMILES string of the molecule is O=C(OC(c1ccccc1)c1ccccc1)C(=O)N1C(=O)C2N=C(c3ccccc3)O[C@@H]21. The Morgan fingerprint density at radius 2 is 1.38 bits per heavy atom. The summed E-state index contributed by atoms with van der Waals surface area (Å²) in [6.07, 6.45) is -1.73. The standard InChI is InChI=1S/C25H18N2O5/c28-22-19-24(32-21(26-19)18-14-8-3-9-15-18)27(22)23(29)25(30)31-20(16-10-4-1-5-11-16)17-12-6-2-7-13-17/h1-15,19-20,24H/t19?,24-/m0/s1. The highest BCUT2D eigenvalue weighted by molar-refractivity contribution is 6.37. The summed E-state index contributed by atoms with van der Waals surface area (Å²) >= 11 is 0. The molecule has 7 nitrogen and oxygen atoms in total. The van der Waals surface area contributed by atoms with E-state index in [0.29, 0.717) is 16.7 Å². The highest BCUT2D eigenvalue weighted by Crippen LogP contribution is 2.32. The maximum Gasteiger partial charge on any atom is 0.398 e. The molecule has 158 valence electrons. The van der Waals surface area contributed by atoms with Crippen LogP contribution in [0.1, 0.15) is 22.8 Å². The van der Waals surface area contributed by atoms with Gasteiger partial charge >= 0.3 is 11.9 Å². The van der Waals surface area contributed by atoms with E-state index >= 15 is 0 Å². The van der Waals surface area contributed by atoms with Crippen LogP contribution in [0.15, 0.2) is 96.0 Å². The Hall–Kier alpha value is -4.26. The van der Waals surface area contributed by atoms with Gasteiger partial charge in [0, 0.05) is 5.56 Å². The van der Waals surface area contributed by atoms with E-state index in [0.717, 1.165) is 4.90 Å². The third-order valence-corrected chi connectivity index (χ3v) is 5.35. The predicted octanol–water partition coefficient (Wildman–Crippen LogP) is 2.86. The molecule has 1 unspecified atom stereocenters. The first kappa shape index (κ1) is 19.7. The van der Waals surface area contributed by atoms with E-state index in [2.05, 4.69) is 4.99 Å². The number of nitrogens with zero attached hydrogens (tertiary/aromatic N) is 2. The van der Waals surface area contributed by atoms with Crippen LogP contribution in [0.5, 0.6) is 0 Å². The third-order valence-electron chi connectivity index (χ3n) is 5.35. The Morgan fingerprint density at radius 3 is 1.94 bits per heavy atom. The average molecular weight is 426 g/mol. The monoisotopic (exact) mass is 426 g/mol. The van der Waals surface area contributed by atoms with E-state index in [-0.39, 0.29) is 5.90 Å². The number of fused-ring (bicyclic) bond motifs is 1. The molecule has 0 radical (unpaired) electrons. The number of hydrogen-bond donors (Lipinski definition) is 0. The number of benzene rings is 3. The molecule has 0 spiro atoms. The molecule has 0 aromatic heterocycles. The fourth-order valence-electron chi connectivity index (χ4n) is 3.74. The molecule has 1 saturated heterocycles. The number of hydrogen-bond acceptors (Lipinski definition) is 6. The van der Waals surface area contributed by atoms with Gasteiger partial charge < -0.3 is 9.47 Å². The van der Waals surface area contributed by atoms with Crippen LogP contribution in [0, 0.1) is 0 Å². The highest BCUT2D eigenvalue weighted by atomic mass is 16.6. The van der Waals surface area contributed by atoms with Crippen LogP contribution in [-0.4, -0.2) is 40.9 Å². The van der Waals surface area contributed by atoms with Gasteiger partial charge in [-0.05, 0) is 23.3 Å². The first-order valence-corrected chi connectivity index (χ1v) is 10.1. The van der Waals surface area contributed by atoms with E-state index in [4.69, 9.17) is 9.47 Å². The number of carbonyl (C=O) groups is 3. The zero-order valence-electron chi connectivity index (χ0n) is 16.8. The van der Waals surface area contributed by atoms with Crippen molar-refractivity contribution in [2.75, 3.05) is 0 Å². The van der Waals surface area contributed by atoms with Gasteiger partial charge in [0.05, 0.1) is 0 Å². The van der Waals surface area contributed by atoms with Gasteiger partial charge in [0.15, 0.2) is 12.1 Å². The van der Waals surface area contributed by atoms with Crippen molar-refractivity contribution in [1.29, 1.82) is 0 Å². The molecule has 3 aromatic carbocycles. The molecule has 2 amide bonds. The van der Waals surface area contributed by atoms with Gasteiger partial charge in [-0.2, -0.15) is 0 Å². The third kappa shape index (κ3) is 3.43. The van der Waals surface area contributed by atoms with Crippen LogP contribution in [0.3, 0.4) is 0 Å². The minimum Gasteiger partial charge on any atom is -0.450 e. The molecule has 2 heterocycles. The number of rotatable bonds is 4. The summed E-state index contributed by atoms with van der Waals surface area (Å²) < 4.78 is 11.3. The van der Waals surface area contributed by atoms with Crippen molar-refractivity contribution in [2.45, 2.75) is 18.4 Å². The Labute approximate surface area is 183 Å². The fraction of sp³-hybridized carbons (Fsp3) is 0.120. The molecule has 5 rings (SSSR count). The second kappa shape index (κ2) is 8.11. The summed E-state index contributed by atoms with van der Waals surface area (Å²) in [5.74, 6) is -2.52. The number of esters is 1. The lowest BCUT2D eigenvalue weighted by Crippen LogP contribution is -2.66. The van der Waals surface area contributed by atoms with Crippen molar-refractivity contribution in [3.8, 4) is 0 Å². The Balaban J connectivity index is 1.33. The Kier molecular flexibility index (Phi) is 4.99. The average Bonchev–Trinajstić information content (AvgIpc) is 3.24. The van der Waals surface area contributed by atoms with Gasteiger partial charge in [0.25, 0.3) is 5.91 Å². The summed E-state index contributed by atoms with van der Waals surface area (Å²) in [5, 5.41) is 0. The van der Waals surface area contributed by atoms with Crippen LogP contribution in [0.25, 0.3) is 0 Å². The second-order valence-corrected chi connectivity index (χ2v) is 7.37.